The number of carbonyl (C=O) groups is 1. The number of rotatable bonds is 2. The van der Waals surface area contributed by atoms with Crippen molar-refractivity contribution >= 4 is 5.91 Å². The first-order valence-electron chi connectivity index (χ1n) is 7.33. The molecule has 0 spiro atoms. The van der Waals surface area contributed by atoms with Gasteiger partial charge in [-0.05, 0) is 30.9 Å². The lowest BCUT2D eigenvalue weighted by atomic mass is 9.98. The van der Waals surface area contributed by atoms with Gasteiger partial charge in [0.05, 0.1) is 0 Å². The summed E-state index contributed by atoms with van der Waals surface area (Å²) in [5.74, 6) is 1.92. The monoisotopic (exact) mass is 285 g/mol. The third-order valence-electron chi connectivity index (χ3n) is 3.99. The van der Waals surface area contributed by atoms with Gasteiger partial charge < -0.3 is 9.42 Å². The number of amides is 1. The van der Waals surface area contributed by atoms with Gasteiger partial charge >= 0.3 is 0 Å². The molecule has 0 saturated carbocycles. The molecule has 0 radical (unpaired) electrons. The van der Waals surface area contributed by atoms with Crippen molar-refractivity contribution in [3.05, 3.63) is 35.7 Å². The highest BCUT2D eigenvalue weighted by Crippen LogP contribution is 2.20. The first kappa shape index (κ1) is 13.8. The van der Waals surface area contributed by atoms with Crippen LogP contribution in [-0.4, -0.2) is 34.0 Å². The summed E-state index contributed by atoms with van der Waals surface area (Å²) in [4.78, 5) is 18.6. The number of nitrogens with zero attached hydrogens (tertiary/aromatic N) is 3. The van der Waals surface area contributed by atoms with Gasteiger partial charge in [0.25, 0.3) is 5.91 Å². The van der Waals surface area contributed by atoms with Crippen molar-refractivity contribution < 1.29 is 9.32 Å². The Morgan fingerprint density at radius 2 is 1.90 bits per heavy atom. The molecule has 0 N–H and O–H groups in total. The highest BCUT2D eigenvalue weighted by Gasteiger charge is 2.21. The third-order valence-corrected chi connectivity index (χ3v) is 3.99. The van der Waals surface area contributed by atoms with E-state index in [0.29, 0.717) is 17.3 Å². The molecule has 1 aromatic heterocycles. The van der Waals surface area contributed by atoms with Crippen molar-refractivity contribution in [2.45, 2.75) is 26.7 Å². The number of carbonyl (C=O) groups excluding carboxylic acids is 1. The second kappa shape index (κ2) is 5.68. The molecule has 1 amide bonds. The summed E-state index contributed by atoms with van der Waals surface area (Å²) in [5, 5.41) is 3.88. The Balaban J connectivity index is 1.73. The lowest BCUT2D eigenvalue weighted by Crippen LogP contribution is -2.37. The molecule has 5 nitrogen and oxygen atoms in total. The van der Waals surface area contributed by atoms with Gasteiger partial charge in [-0.3, -0.25) is 4.79 Å². The van der Waals surface area contributed by atoms with Gasteiger partial charge in [0.2, 0.25) is 11.7 Å². The molecule has 1 fully saturated rings. The molecule has 1 aromatic carbocycles. The Labute approximate surface area is 124 Å². The Bertz CT molecular complexity index is 625. The molecular formula is C16H19N3O2. The Hall–Kier alpha value is -2.17. The van der Waals surface area contributed by atoms with Crippen LogP contribution in [0.2, 0.25) is 0 Å². The number of hydrogen-bond acceptors (Lipinski definition) is 4. The molecule has 0 aliphatic carbocycles. The van der Waals surface area contributed by atoms with Crippen LogP contribution < -0.4 is 0 Å². The van der Waals surface area contributed by atoms with E-state index in [9.17, 15) is 4.79 Å². The van der Waals surface area contributed by atoms with Crippen molar-refractivity contribution in [3.63, 3.8) is 0 Å². The van der Waals surface area contributed by atoms with E-state index in [1.165, 1.54) is 0 Å². The maximum Gasteiger partial charge on any atom is 0.253 e. The summed E-state index contributed by atoms with van der Waals surface area (Å²) in [6.07, 6.45) is 2.18. The van der Waals surface area contributed by atoms with E-state index in [-0.39, 0.29) is 5.91 Å². The Morgan fingerprint density at radius 3 is 2.48 bits per heavy atom. The van der Waals surface area contributed by atoms with Crippen LogP contribution in [0.4, 0.5) is 0 Å². The number of benzene rings is 1. The lowest BCUT2D eigenvalue weighted by molar-refractivity contribution is 0.0697. The number of piperidine rings is 1. The van der Waals surface area contributed by atoms with E-state index in [1.54, 1.807) is 6.92 Å². The van der Waals surface area contributed by atoms with Gasteiger partial charge in [0, 0.05) is 31.1 Å². The van der Waals surface area contributed by atoms with Crippen molar-refractivity contribution in [2.24, 2.45) is 5.92 Å². The zero-order valence-corrected chi connectivity index (χ0v) is 12.4. The van der Waals surface area contributed by atoms with E-state index in [1.807, 2.05) is 29.2 Å². The second-order valence-corrected chi connectivity index (χ2v) is 5.69. The van der Waals surface area contributed by atoms with E-state index in [4.69, 9.17) is 4.52 Å². The number of likely N-dealkylation sites (tertiary alicyclic amines) is 1. The van der Waals surface area contributed by atoms with Crippen molar-refractivity contribution in [1.82, 2.24) is 15.0 Å². The first-order valence-corrected chi connectivity index (χ1v) is 7.33. The van der Waals surface area contributed by atoms with Crippen LogP contribution in [0.5, 0.6) is 0 Å². The molecule has 1 aliphatic rings. The smallest absolute Gasteiger partial charge is 0.253 e. The maximum atomic E-state index is 12.4. The highest BCUT2D eigenvalue weighted by atomic mass is 16.5. The van der Waals surface area contributed by atoms with Crippen molar-refractivity contribution in [3.8, 4) is 11.4 Å². The first-order chi connectivity index (χ1) is 10.1. The average Bonchev–Trinajstić information content (AvgIpc) is 2.94. The Morgan fingerprint density at radius 1 is 1.24 bits per heavy atom. The predicted molar refractivity (Wildman–Crippen MR) is 78.8 cm³/mol. The molecule has 0 bridgehead atoms. The molecule has 0 unspecified atom stereocenters. The quantitative estimate of drug-likeness (QED) is 0.851. The summed E-state index contributed by atoms with van der Waals surface area (Å²) in [5.41, 5.74) is 1.57. The molecule has 21 heavy (non-hydrogen) atoms. The summed E-state index contributed by atoms with van der Waals surface area (Å²) in [6, 6.07) is 7.40. The maximum absolute atomic E-state index is 12.4. The van der Waals surface area contributed by atoms with Gasteiger partial charge in [-0.25, -0.2) is 0 Å². The van der Waals surface area contributed by atoms with Crippen LogP contribution in [0, 0.1) is 12.8 Å². The average molecular weight is 285 g/mol. The van der Waals surface area contributed by atoms with Gasteiger partial charge in [-0.15, -0.1) is 0 Å². The van der Waals surface area contributed by atoms with E-state index in [0.717, 1.165) is 37.4 Å². The van der Waals surface area contributed by atoms with Crippen LogP contribution in [0.3, 0.4) is 0 Å². The number of hydrogen-bond donors (Lipinski definition) is 0. The van der Waals surface area contributed by atoms with E-state index in [2.05, 4.69) is 17.1 Å². The standard InChI is InChI=1S/C16H19N3O2/c1-11-7-9-19(10-8-11)16(20)14-5-3-13(4-6-14)15-17-12(2)21-18-15/h3-6,11H,7-10H2,1-2H3. The van der Waals surface area contributed by atoms with Gasteiger partial charge in [-0.1, -0.05) is 24.2 Å². The fraction of sp³-hybridized carbons (Fsp3) is 0.438. The topological polar surface area (TPSA) is 59.2 Å². The zero-order valence-electron chi connectivity index (χ0n) is 12.4. The largest absolute Gasteiger partial charge is 0.339 e. The SMILES string of the molecule is Cc1nc(-c2ccc(C(=O)N3CCC(C)CC3)cc2)no1. The van der Waals surface area contributed by atoms with Crippen LogP contribution in [-0.2, 0) is 0 Å². The summed E-state index contributed by atoms with van der Waals surface area (Å²) >= 11 is 0. The van der Waals surface area contributed by atoms with Gasteiger partial charge in [0.15, 0.2) is 0 Å². The molecule has 0 atom stereocenters. The number of aryl methyl sites for hydroxylation is 1. The molecule has 1 aliphatic heterocycles. The van der Waals surface area contributed by atoms with Crippen molar-refractivity contribution in [1.29, 1.82) is 0 Å². The highest BCUT2D eigenvalue weighted by molar-refractivity contribution is 5.94. The lowest BCUT2D eigenvalue weighted by Gasteiger charge is -2.30. The molecule has 110 valence electrons. The predicted octanol–water partition coefficient (Wildman–Crippen LogP) is 2.92. The minimum Gasteiger partial charge on any atom is -0.339 e. The second-order valence-electron chi connectivity index (χ2n) is 5.69. The normalized spacial score (nSPS) is 16.2. The summed E-state index contributed by atoms with van der Waals surface area (Å²) < 4.78 is 4.97. The number of aromatic nitrogens is 2. The van der Waals surface area contributed by atoms with Crippen LogP contribution >= 0.6 is 0 Å². The molecular weight excluding hydrogens is 266 g/mol. The minimum atomic E-state index is 0.109. The summed E-state index contributed by atoms with van der Waals surface area (Å²) in [7, 11) is 0. The molecule has 5 heteroatoms. The fourth-order valence-electron chi connectivity index (χ4n) is 2.57. The third kappa shape index (κ3) is 2.96. The zero-order chi connectivity index (χ0) is 14.8. The minimum absolute atomic E-state index is 0.109. The summed E-state index contributed by atoms with van der Waals surface area (Å²) in [6.45, 7) is 5.70. The molecule has 2 heterocycles. The van der Waals surface area contributed by atoms with Crippen LogP contribution in [0.15, 0.2) is 28.8 Å². The molecule has 1 saturated heterocycles. The van der Waals surface area contributed by atoms with Crippen molar-refractivity contribution in [2.75, 3.05) is 13.1 Å². The Kier molecular flexibility index (Phi) is 3.73. The van der Waals surface area contributed by atoms with Gasteiger partial charge in [0.1, 0.15) is 0 Å². The van der Waals surface area contributed by atoms with Crippen LogP contribution in [0.1, 0.15) is 36.0 Å². The van der Waals surface area contributed by atoms with Crippen LogP contribution in [0.25, 0.3) is 11.4 Å². The molecule has 2 aromatic rings. The van der Waals surface area contributed by atoms with Gasteiger partial charge in [-0.2, -0.15) is 4.98 Å². The fourth-order valence-corrected chi connectivity index (χ4v) is 2.57. The molecule has 3 rings (SSSR count). The van der Waals surface area contributed by atoms with E-state index < -0.39 is 0 Å². The van der Waals surface area contributed by atoms with E-state index >= 15 is 0 Å².